The summed E-state index contributed by atoms with van der Waals surface area (Å²) in [6, 6.07) is 4.40. The van der Waals surface area contributed by atoms with Gasteiger partial charge in [0.1, 0.15) is 11.3 Å². The monoisotopic (exact) mass is 293 g/mol. The van der Waals surface area contributed by atoms with Crippen LogP contribution in [-0.4, -0.2) is 42.9 Å². The molecule has 3 aromatic rings. The molecule has 112 valence electrons. The molecule has 0 aliphatic rings. The molecule has 0 aliphatic heterocycles. The molecule has 6 nitrogen and oxygen atoms in total. The molecule has 2 aromatic heterocycles. The third-order valence-corrected chi connectivity index (χ3v) is 3.30. The number of hydrogen-bond acceptors (Lipinski definition) is 4. The molecule has 0 bridgehead atoms. The Kier molecular flexibility index (Phi) is 4.17. The van der Waals surface area contributed by atoms with Crippen molar-refractivity contribution in [2.75, 3.05) is 6.61 Å². The zero-order chi connectivity index (χ0) is 14.3. The highest BCUT2D eigenvalue weighted by Crippen LogP contribution is 2.26. The van der Waals surface area contributed by atoms with Gasteiger partial charge in [0, 0.05) is 5.39 Å². The molecule has 1 aromatic carbocycles. The molecule has 3 rings (SSSR count). The van der Waals surface area contributed by atoms with E-state index in [1.54, 1.807) is 17.0 Å². The zero-order valence-corrected chi connectivity index (χ0v) is 11.4. The fourth-order valence-corrected chi connectivity index (χ4v) is 2.38. The number of aliphatic hydroxyl groups is 2. The van der Waals surface area contributed by atoms with Crippen LogP contribution in [0.25, 0.3) is 21.9 Å². The van der Waals surface area contributed by atoms with Crippen LogP contribution < -0.4 is 0 Å². The van der Waals surface area contributed by atoms with Crippen molar-refractivity contribution >= 4 is 21.9 Å². The quantitative estimate of drug-likeness (QED) is 0.736. The highest BCUT2D eigenvalue weighted by Gasteiger charge is 2.14. The molecule has 2 heterocycles. The molecular weight excluding hydrogens is 277 g/mol. The standard InChI is InChI=1S/C14H14FN3O2.H2O/c1-8-13-14(18(7-16-13)5-10(20)6-19)11-4-9(15)2-3-12(11)17-8;/h2-4,7,10,19-20H,5-6H2,1H3;1H2. The first-order valence-electron chi connectivity index (χ1n) is 6.29. The minimum absolute atomic E-state index is 0. The average Bonchev–Trinajstić information content (AvgIpc) is 2.84. The molecule has 1 unspecified atom stereocenters. The van der Waals surface area contributed by atoms with Crippen LogP contribution in [0.3, 0.4) is 0 Å². The van der Waals surface area contributed by atoms with Gasteiger partial charge in [0.05, 0.1) is 42.3 Å². The van der Waals surface area contributed by atoms with Gasteiger partial charge in [0.2, 0.25) is 0 Å². The van der Waals surface area contributed by atoms with Crippen LogP contribution in [0.2, 0.25) is 0 Å². The third-order valence-electron chi connectivity index (χ3n) is 3.30. The molecule has 0 aliphatic carbocycles. The summed E-state index contributed by atoms with van der Waals surface area (Å²) in [6.07, 6.45) is 0.687. The van der Waals surface area contributed by atoms with Crippen LogP contribution in [0.5, 0.6) is 0 Å². The molecule has 7 heteroatoms. The highest BCUT2D eigenvalue weighted by molar-refractivity contribution is 6.03. The lowest BCUT2D eigenvalue weighted by Gasteiger charge is -2.11. The lowest BCUT2D eigenvalue weighted by Crippen LogP contribution is -2.19. The molecule has 0 saturated heterocycles. The Balaban J connectivity index is 0.00000161. The molecule has 1 atom stereocenters. The Bertz CT molecular complexity index is 788. The van der Waals surface area contributed by atoms with E-state index in [1.165, 1.54) is 12.1 Å². The number of rotatable bonds is 3. The number of benzene rings is 1. The molecule has 0 spiro atoms. The second-order valence-corrected chi connectivity index (χ2v) is 4.79. The van der Waals surface area contributed by atoms with E-state index in [4.69, 9.17) is 5.11 Å². The maximum absolute atomic E-state index is 13.5. The number of nitrogens with zero attached hydrogens (tertiary/aromatic N) is 3. The second kappa shape index (κ2) is 5.72. The summed E-state index contributed by atoms with van der Waals surface area (Å²) < 4.78 is 15.2. The van der Waals surface area contributed by atoms with Crippen molar-refractivity contribution in [3.63, 3.8) is 0 Å². The first-order valence-corrected chi connectivity index (χ1v) is 6.29. The summed E-state index contributed by atoms with van der Waals surface area (Å²) in [7, 11) is 0. The van der Waals surface area contributed by atoms with Gasteiger partial charge in [-0.2, -0.15) is 0 Å². The normalized spacial score (nSPS) is 12.6. The summed E-state index contributed by atoms with van der Waals surface area (Å²) in [6.45, 7) is 1.70. The summed E-state index contributed by atoms with van der Waals surface area (Å²) in [4.78, 5) is 8.67. The Labute approximate surface area is 119 Å². The molecule has 0 amide bonds. The fourth-order valence-electron chi connectivity index (χ4n) is 2.38. The van der Waals surface area contributed by atoms with Gasteiger partial charge in [-0.25, -0.2) is 9.37 Å². The van der Waals surface area contributed by atoms with E-state index in [2.05, 4.69) is 9.97 Å². The lowest BCUT2D eigenvalue weighted by molar-refractivity contribution is 0.0821. The van der Waals surface area contributed by atoms with Gasteiger partial charge in [-0.3, -0.25) is 4.98 Å². The van der Waals surface area contributed by atoms with Crippen molar-refractivity contribution in [2.45, 2.75) is 19.6 Å². The largest absolute Gasteiger partial charge is 0.412 e. The number of halogens is 1. The summed E-state index contributed by atoms with van der Waals surface area (Å²) in [5.41, 5.74) is 2.82. The third kappa shape index (κ3) is 2.58. The number of imidazole rings is 1. The first kappa shape index (κ1) is 15.3. The second-order valence-electron chi connectivity index (χ2n) is 4.79. The number of aromatic nitrogens is 3. The van der Waals surface area contributed by atoms with Gasteiger partial charge in [0.25, 0.3) is 0 Å². The number of pyridine rings is 1. The van der Waals surface area contributed by atoms with Crippen molar-refractivity contribution in [2.24, 2.45) is 0 Å². The van der Waals surface area contributed by atoms with E-state index in [1.807, 2.05) is 6.92 Å². The molecular formula is C14H16FN3O3. The van der Waals surface area contributed by atoms with E-state index >= 15 is 0 Å². The van der Waals surface area contributed by atoms with E-state index in [-0.39, 0.29) is 24.4 Å². The van der Waals surface area contributed by atoms with Crippen molar-refractivity contribution in [3.05, 3.63) is 36.0 Å². The molecule has 0 fully saturated rings. The molecule has 0 saturated carbocycles. The molecule has 4 N–H and O–H groups in total. The summed E-state index contributed by atoms with van der Waals surface area (Å²) in [5, 5.41) is 19.2. The van der Waals surface area contributed by atoms with E-state index < -0.39 is 6.10 Å². The van der Waals surface area contributed by atoms with Crippen LogP contribution in [-0.2, 0) is 6.54 Å². The zero-order valence-electron chi connectivity index (χ0n) is 11.4. The fraction of sp³-hybridized carbons (Fsp3) is 0.286. The molecule has 0 radical (unpaired) electrons. The van der Waals surface area contributed by atoms with Crippen molar-refractivity contribution in [3.8, 4) is 0 Å². The SMILES string of the molecule is Cc1nc2ccc(F)cc2c2c1ncn2CC(O)CO.O. The van der Waals surface area contributed by atoms with Gasteiger partial charge < -0.3 is 20.3 Å². The van der Waals surface area contributed by atoms with Crippen LogP contribution in [0.1, 0.15) is 5.69 Å². The van der Waals surface area contributed by atoms with Crippen LogP contribution in [0.4, 0.5) is 4.39 Å². The molecule has 21 heavy (non-hydrogen) atoms. The van der Waals surface area contributed by atoms with Crippen LogP contribution in [0.15, 0.2) is 24.5 Å². The first-order chi connectivity index (χ1) is 9.60. The lowest BCUT2D eigenvalue weighted by atomic mass is 10.1. The van der Waals surface area contributed by atoms with Gasteiger partial charge in [-0.15, -0.1) is 0 Å². The summed E-state index contributed by atoms with van der Waals surface area (Å²) >= 11 is 0. The van der Waals surface area contributed by atoms with Crippen molar-refractivity contribution < 1.29 is 20.1 Å². The summed E-state index contributed by atoms with van der Waals surface area (Å²) in [5.74, 6) is -0.347. The average molecular weight is 293 g/mol. The number of fused-ring (bicyclic) bond motifs is 3. The number of aliphatic hydroxyl groups excluding tert-OH is 2. The minimum Gasteiger partial charge on any atom is -0.412 e. The predicted molar refractivity (Wildman–Crippen MR) is 76.4 cm³/mol. The van der Waals surface area contributed by atoms with Gasteiger partial charge >= 0.3 is 0 Å². The topological polar surface area (TPSA) is 103 Å². The van der Waals surface area contributed by atoms with Gasteiger partial charge in [0.15, 0.2) is 0 Å². The minimum atomic E-state index is -0.885. The predicted octanol–water partition coefficient (Wildman–Crippen LogP) is 0.561. The Morgan fingerprint density at radius 1 is 1.38 bits per heavy atom. The van der Waals surface area contributed by atoms with Crippen LogP contribution in [0, 0.1) is 12.7 Å². The van der Waals surface area contributed by atoms with Crippen molar-refractivity contribution in [1.29, 1.82) is 0 Å². The Morgan fingerprint density at radius 3 is 2.86 bits per heavy atom. The number of hydrogen-bond donors (Lipinski definition) is 2. The smallest absolute Gasteiger partial charge is 0.124 e. The highest BCUT2D eigenvalue weighted by atomic mass is 19.1. The van der Waals surface area contributed by atoms with E-state index in [0.29, 0.717) is 16.4 Å². The van der Waals surface area contributed by atoms with Crippen molar-refractivity contribution in [1.82, 2.24) is 14.5 Å². The maximum atomic E-state index is 13.5. The van der Waals surface area contributed by atoms with E-state index in [0.717, 1.165) is 11.2 Å². The number of aryl methyl sites for hydroxylation is 1. The van der Waals surface area contributed by atoms with Crippen LogP contribution >= 0.6 is 0 Å². The van der Waals surface area contributed by atoms with Gasteiger partial charge in [-0.1, -0.05) is 0 Å². The Morgan fingerprint density at radius 2 is 2.14 bits per heavy atom. The maximum Gasteiger partial charge on any atom is 0.124 e. The Hall–Kier alpha value is -2.09. The van der Waals surface area contributed by atoms with E-state index in [9.17, 15) is 9.50 Å². The van der Waals surface area contributed by atoms with Gasteiger partial charge in [-0.05, 0) is 25.1 Å².